The zero-order chi connectivity index (χ0) is 34.1. The van der Waals surface area contributed by atoms with Gasteiger partial charge < -0.3 is 0 Å². The Kier molecular flexibility index (Phi) is 10.5. The van der Waals surface area contributed by atoms with Crippen LogP contribution in [0.25, 0.3) is 11.1 Å². The predicted molar refractivity (Wildman–Crippen MR) is 191 cm³/mol. The summed E-state index contributed by atoms with van der Waals surface area (Å²) in [4.78, 5) is 7.25. The molecule has 0 radical (unpaired) electrons. The van der Waals surface area contributed by atoms with E-state index in [9.17, 15) is 0 Å². The normalized spacial score (nSPS) is 20.3. The molecule has 0 aromatic heterocycles. The minimum absolute atomic E-state index is 0.419. The molecule has 3 aromatic rings. The molecule has 0 unspecified atom stereocenters. The van der Waals surface area contributed by atoms with Gasteiger partial charge in [0, 0.05) is 0 Å². The molecule has 1 saturated heterocycles. The van der Waals surface area contributed by atoms with E-state index < -0.39 is 42.8 Å². The Balaban J connectivity index is 1.86. The van der Waals surface area contributed by atoms with E-state index in [0.717, 1.165) is 39.0 Å². The number of fused-ring (bicyclic) bond motifs is 3. The monoisotopic (exact) mass is 748 g/mol. The van der Waals surface area contributed by atoms with Crippen molar-refractivity contribution in [3.05, 3.63) is 92.5 Å². The predicted octanol–water partition coefficient (Wildman–Crippen LogP) is 8.56. The van der Waals surface area contributed by atoms with Crippen molar-refractivity contribution >= 4 is 25.5 Å². The summed E-state index contributed by atoms with van der Waals surface area (Å²) in [7, 11) is 6.13. The van der Waals surface area contributed by atoms with Gasteiger partial charge in [-0.05, 0) is 0 Å². The first kappa shape index (κ1) is 35.4. The second kappa shape index (κ2) is 13.9. The van der Waals surface area contributed by atoms with E-state index in [-0.39, 0.29) is 0 Å². The van der Waals surface area contributed by atoms with Gasteiger partial charge in [0.2, 0.25) is 0 Å². The van der Waals surface area contributed by atoms with Crippen LogP contribution in [0.15, 0.2) is 75.8 Å². The van der Waals surface area contributed by atoms with Crippen LogP contribution in [0.1, 0.15) is 50.5 Å². The van der Waals surface area contributed by atoms with Crippen LogP contribution in [0.4, 0.5) is 0 Å². The third kappa shape index (κ3) is 7.26. The Morgan fingerprint density at radius 3 is 1.89 bits per heavy atom. The molecule has 9 heteroatoms. The molecule has 1 aliphatic carbocycles. The molecule has 0 spiro atoms. The van der Waals surface area contributed by atoms with Crippen molar-refractivity contribution in [3.8, 4) is 34.1 Å². The molecule has 250 valence electrons. The van der Waals surface area contributed by atoms with Crippen LogP contribution >= 0.6 is 0 Å². The molecule has 0 amide bonds. The standard InChI is InChI=1S/C35H40BO7.3CH3.Sn/c1-22-25(20-36-42-34(2,3)35(4,5)43-36)19-24-15-17-27(37-6)32(39-8)29(24)30-26(16-18-28(38-7)33(30)40-9)31(22)41-21-23-13-11-10-12-14-23;;;;/h1,10-18,20,31H,19,21H2,2-9H3;3*1H3;/b22-1?,25-20-;;;;/t31-;;;;/m0..../s1. The zero-order valence-electron chi connectivity index (χ0n) is 29.8. The van der Waals surface area contributed by atoms with Crippen LogP contribution in [0.2, 0.25) is 14.8 Å². The zero-order valence-corrected chi connectivity index (χ0v) is 32.6. The van der Waals surface area contributed by atoms with Crippen molar-refractivity contribution in [1.82, 2.24) is 0 Å². The fourth-order valence-electron chi connectivity index (χ4n) is 6.30. The van der Waals surface area contributed by atoms with Crippen molar-refractivity contribution in [3.63, 3.8) is 0 Å². The van der Waals surface area contributed by atoms with Gasteiger partial charge >= 0.3 is 286 Å². The fraction of sp³-hybridized carbons (Fsp3) is 0.421. The molecule has 1 fully saturated rings. The first-order chi connectivity index (χ1) is 22.2. The topological polar surface area (TPSA) is 64.6 Å². The third-order valence-electron chi connectivity index (χ3n) is 9.23. The van der Waals surface area contributed by atoms with Gasteiger partial charge in [0.15, 0.2) is 0 Å². The van der Waals surface area contributed by atoms with Gasteiger partial charge in [0.25, 0.3) is 0 Å². The second-order valence-electron chi connectivity index (χ2n) is 14.2. The molecule has 47 heavy (non-hydrogen) atoms. The summed E-state index contributed by atoms with van der Waals surface area (Å²) in [6.45, 7) is 8.75. The average Bonchev–Trinajstić information content (AvgIpc) is 3.23. The summed E-state index contributed by atoms with van der Waals surface area (Å²) in [6, 6.07) is 18.4. The van der Waals surface area contributed by atoms with Crippen LogP contribution in [0.3, 0.4) is 0 Å². The van der Waals surface area contributed by atoms with Crippen LogP contribution in [0.5, 0.6) is 23.0 Å². The second-order valence-corrected chi connectivity index (χ2v) is 28.6. The Morgan fingerprint density at radius 1 is 0.766 bits per heavy atom. The van der Waals surface area contributed by atoms with E-state index in [1.165, 1.54) is 0 Å². The summed E-state index contributed by atoms with van der Waals surface area (Å²) in [5.41, 5.74) is 6.11. The summed E-state index contributed by atoms with van der Waals surface area (Å²) in [5.74, 6) is 4.64. The van der Waals surface area contributed by atoms with E-state index in [4.69, 9.17) is 33.0 Å². The number of benzene rings is 3. The van der Waals surface area contributed by atoms with Crippen LogP contribution < -0.4 is 18.9 Å². The fourth-order valence-corrected chi connectivity index (χ4v) is 9.92. The van der Waals surface area contributed by atoms with Gasteiger partial charge in [0.05, 0.1) is 0 Å². The van der Waals surface area contributed by atoms with Gasteiger partial charge in [-0.1, -0.05) is 0 Å². The van der Waals surface area contributed by atoms with Crippen molar-refractivity contribution in [2.24, 2.45) is 0 Å². The van der Waals surface area contributed by atoms with Gasteiger partial charge in [-0.15, -0.1) is 0 Å². The van der Waals surface area contributed by atoms with Crippen molar-refractivity contribution in [2.75, 3.05) is 28.4 Å². The first-order valence-corrected chi connectivity index (χ1v) is 26.4. The average molecular weight is 747 g/mol. The maximum absolute atomic E-state index is 7.06. The third-order valence-corrected chi connectivity index (χ3v) is 12.6. The quantitative estimate of drug-likeness (QED) is 0.204. The van der Waals surface area contributed by atoms with Crippen molar-refractivity contribution in [1.29, 1.82) is 0 Å². The molecule has 2 aliphatic rings. The number of hydrogen-bond donors (Lipinski definition) is 0. The molecular formula is C38H49BO7Sn. The SMILES string of the molecule is COc1ccc2c(c1OC)-c1c(ccc(OC)c1OC)[C@@H](OCc1ccccc1)C(=[CH]/[Sn]([CH3])([CH3])[CH3])/C(=C\B1OC(C)(C)C(C)(C)O1)C2. The summed E-state index contributed by atoms with van der Waals surface area (Å²) in [6.07, 6.45) is 0.136. The van der Waals surface area contributed by atoms with Crippen molar-refractivity contribution < 1.29 is 33.0 Å². The van der Waals surface area contributed by atoms with E-state index in [1.807, 2.05) is 30.3 Å². The van der Waals surface area contributed by atoms with Crippen LogP contribution in [-0.2, 0) is 27.1 Å². The number of ether oxygens (including phenoxy) is 5. The molecule has 1 aliphatic heterocycles. The summed E-state index contributed by atoms with van der Waals surface area (Å²) < 4.78 is 46.7. The summed E-state index contributed by atoms with van der Waals surface area (Å²) in [5, 5.41) is 0. The van der Waals surface area contributed by atoms with Gasteiger partial charge in [0.1, 0.15) is 0 Å². The van der Waals surface area contributed by atoms with Crippen LogP contribution in [0, 0.1) is 0 Å². The molecule has 0 saturated carbocycles. The Bertz CT molecular complexity index is 1640. The Hall–Kier alpha value is -2.92. The minimum atomic E-state index is -2.68. The summed E-state index contributed by atoms with van der Waals surface area (Å²) >= 11 is -2.68. The first-order valence-electron chi connectivity index (χ1n) is 16.2. The molecule has 3 aromatic carbocycles. The molecule has 1 atom stereocenters. The number of rotatable bonds is 9. The van der Waals surface area contributed by atoms with Gasteiger partial charge in [-0.2, -0.15) is 0 Å². The van der Waals surface area contributed by atoms with E-state index in [2.05, 4.69) is 76.8 Å². The molecule has 7 nitrogen and oxygen atoms in total. The van der Waals surface area contributed by atoms with E-state index >= 15 is 0 Å². The van der Waals surface area contributed by atoms with Gasteiger partial charge in [-0.25, -0.2) is 0 Å². The van der Waals surface area contributed by atoms with Gasteiger partial charge in [-0.3, -0.25) is 0 Å². The molecule has 1 heterocycles. The molecular weight excluding hydrogens is 698 g/mol. The molecule has 5 rings (SSSR count). The molecule has 0 N–H and O–H groups in total. The number of methoxy groups -OCH3 is 4. The van der Waals surface area contributed by atoms with E-state index in [0.29, 0.717) is 36.0 Å². The maximum atomic E-state index is 7.06. The van der Waals surface area contributed by atoms with E-state index in [1.54, 1.807) is 28.4 Å². The number of hydrogen-bond acceptors (Lipinski definition) is 7. The van der Waals surface area contributed by atoms with Crippen molar-refractivity contribution in [2.45, 2.75) is 72.8 Å². The van der Waals surface area contributed by atoms with Crippen LogP contribution in [-0.4, -0.2) is 65.1 Å². The Labute approximate surface area is 285 Å². The Morgan fingerprint density at radius 2 is 1.34 bits per heavy atom. The molecule has 0 bridgehead atoms.